The van der Waals surface area contributed by atoms with Gasteiger partial charge < -0.3 is 8.85 Å². The summed E-state index contributed by atoms with van der Waals surface area (Å²) in [5.74, 6) is 0. The highest BCUT2D eigenvalue weighted by atomic mass is 79.9. The lowest BCUT2D eigenvalue weighted by Crippen LogP contribution is -2.44. The molecule has 0 unspecified atom stereocenters. The number of rotatable bonds is 11. The van der Waals surface area contributed by atoms with Gasteiger partial charge in [-0.15, -0.1) is 0 Å². The van der Waals surface area contributed by atoms with E-state index in [1.807, 2.05) is 0 Å². The van der Waals surface area contributed by atoms with Crippen molar-refractivity contribution in [1.82, 2.24) is 0 Å². The molecule has 0 bridgehead atoms. The molecule has 0 aromatic carbocycles. The predicted octanol–water partition coefficient (Wildman–Crippen LogP) is 5.01. The lowest BCUT2D eigenvalue weighted by atomic mass is 10.4. The Hall–Kier alpha value is 0.834. The largest absolute Gasteiger partial charge is 0.455 e. The van der Waals surface area contributed by atoms with E-state index in [1.54, 1.807) is 0 Å². The first-order valence-electron chi connectivity index (χ1n) is 7.17. The number of ether oxygens (including phenoxy) is 1. The van der Waals surface area contributed by atoms with Gasteiger partial charge in [0.1, 0.15) is 0 Å². The van der Waals surface area contributed by atoms with E-state index in [1.165, 1.54) is 24.9 Å². The van der Waals surface area contributed by atoms with E-state index >= 15 is 0 Å². The highest BCUT2D eigenvalue weighted by Gasteiger charge is 2.31. The molecule has 0 aliphatic rings. The molecule has 0 aromatic heterocycles. The van der Waals surface area contributed by atoms with Gasteiger partial charge >= 0.3 is 0 Å². The minimum absolute atomic E-state index is 0.819. The second-order valence-electron chi connectivity index (χ2n) is 6.13. The van der Waals surface area contributed by atoms with E-state index in [0.29, 0.717) is 0 Å². The Bertz CT molecular complexity index is 211. The van der Waals surface area contributed by atoms with Crippen molar-refractivity contribution in [3.05, 3.63) is 0 Å². The van der Waals surface area contributed by atoms with Crippen LogP contribution in [0.25, 0.3) is 0 Å². The van der Waals surface area contributed by atoms with E-state index in [2.05, 4.69) is 49.0 Å². The second kappa shape index (κ2) is 9.69. The molecule has 0 heterocycles. The predicted molar refractivity (Wildman–Crippen MR) is 89.8 cm³/mol. The van der Waals surface area contributed by atoms with Gasteiger partial charge in [-0.05, 0) is 44.7 Å². The van der Waals surface area contributed by atoms with Crippen molar-refractivity contribution in [3.63, 3.8) is 0 Å². The first-order chi connectivity index (χ1) is 8.33. The van der Waals surface area contributed by atoms with Crippen LogP contribution in [-0.2, 0) is 8.85 Å². The van der Waals surface area contributed by atoms with Gasteiger partial charge in [0, 0.05) is 11.9 Å². The van der Waals surface area contributed by atoms with Crippen LogP contribution in [0, 0.1) is 0 Å². The molecule has 0 aliphatic heterocycles. The molecule has 0 atom stereocenters. The number of hydrogen-bond donors (Lipinski definition) is 0. The van der Waals surface area contributed by atoms with Crippen molar-refractivity contribution in [1.29, 1.82) is 0 Å². The third-order valence-corrected chi connectivity index (χ3v) is 10.8. The quantitative estimate of drug-likeness (QED) is 0.294. The minimum Gasteiger partial charge on any atom is -0.455 e. The van der Waals surface area contributed by atoms with E-state index < -0.39 is 16.6 Å². The van der Waals surface area contributed by atoms with Crippen molar-refractivity contribution < 1.29 is 8.85 Å². The van der Waals surface area contributed by atoms with Gasteiger partial charge in [-0.3, -0.25) is 0 Å². The maximum atomic E-state index is 6.55. The lowest BCUT2D eigenvalue weighted by Gasteiger charge is -2.34. The maximum Gasteiger partial charge on any atom is 0.173 e. The summed E-state index contributed by atoms with van der Waals surface area (Å²) in [6.45, 7) is 13.4. The van der Waals surface area contributed by atoms with Crippen LogP contribution >= 0.6 is 15.9 Å². The average Bonchev–Trinajstić information content (AvgIpc) is 2.24. The van der Waals surface area contributed by atoms with Crippen molar-refractivity contribution in [2.45, 2.75) is 64.5 Å². The van der Waals surface area contributed by atoms with Gasteiger partial charge in [-0.1, -0.05) is 35.7 Å². The molecule has 5 heteroatoms. The molecular weight excluding hydrogens is 324 g/mol. The van der Waals surface area contributed by atoms with Gasteiger partial charge in [0.25, 0.3) is 0 Å². The molecule has 0 rings (SSSR count). The molecule has 18 heavy (non-hydrogen) atoms. The topological polar surface area (TPSA) is 18.5 Å². The van der Waals surface area contributed by atoms with Crippen LogP contribution in [0.2, 0.25) is 38.3 Å². The second-order valence-corrected chi connectivity index (χ2v) is 15.8. The fraction of sp³-hybridized carbons (Fsp3) is 1.00. The number of halogens is 1. The molecule has 110 valence electrons. The highest BCUT2D eigenvalue weighted by molar-refractivity contribution is 9.09. The summed E-state index contributed by atoms with van der Waals surface area (Å²) in [5.41, 5.74) is 0. The Labute approximate surface area is 124 Å². The molecular formula is C13H31BrO2Si2. The van der Waals surface area contributed by atoms with Crippen LogP contribution in [0.15, 0.2) is 0 Å². The third-order valence-electron chi connectivity index (χ3n) is 2.97. The molecule has 0 amide bonds. The van der Waals surface area contributed by atoms with Gasteiger partial charge in [0.15, 0.2) is 16.6 Å². The standard InChI is InChI=1S/C13H31BrO2Si2/c1-6-7-12-17(2,3)16-18(4,5)13-8-10-15-11-9-14/h6-13H2,1-5H3. The molecule has 0 aliphatic carbocycles. The molecule has 0 fully saturated rings. The van der Waals surface area contributed by atoms with Crippen molar-refractivity contribution >= 4 is 32.6 Å². The van der Waals surface area contributed by atoms with Gasteiger partial charge in [-0.25, -0.2) is 0 Å². The molecule has 2 nitrogen and oxygen atoms in total. The van der Waals surface area contributed by atoms with Crippen LogP contribution in [-0.4, -0.2) is 35.2 Å². The Kier molecular flexibility index (Phi) is 10.1. The smallest absolute Gasteiger partial charge is 0.173 e. The van der Waals surface area contributed by atoms with Crippen LogP contribution in [0.3, 0.4) is 0 Å². The Morgan fingerprint density at radius 3 is 1.94 bits per heavy atom. The molecule has 0 N–H and O–H groups in total. The van der Waals surface area contributed by atoms with Gasteiger partial charge in [0.05, 0.1) is 6.61 Å². The molecule has 0 spiro atoms. The van der Waals surface area contributed by atoms with Crippen molar-refractivity contribution in [3.8, 4) is 0 Å². The summed E-state index contributed by atoms with van der Waals surface area (Å²) < 4.78 is 12.1. The molecule has 0 saturated heterocycles. The number of unbranched alkanes of at least 4 members (excludes halogenated alkanes) is 1. The third kappa shape index (κ3) is 10.7. The summed E-state index contributed by atoms with van der Waals surface area (Å²) in [6, 6.07) is 2.53. The monoisotopic (exact) mass is 354 g/mol. The fourth-order valence-electron chi connectivity index (χ4n) is 2.21. The summed E-state index contributed by atoms with van der Waals surface area (Å²) >= 11 is 3.37. The van der Waals surface area contributed by atoms with E-state index in [-0.39, 0.29) is 0 Å². The van der Waals surface area contributed by atoms with Gasteiger partial charge in [0.2, 0.25) is 0 Å². The zero-order chi connectivity index (χ0) is 14.1. The van der Waals surface area contributed by atoms with Crippen molar-refractivity contribution in [2.75, 3.05) is 18.5 Å². The fourth-order valence-corrected chi connectivity index (χ4v) is 11.4. The molecule has 0 radical (unpaired) electrons. The van der Waals surface area contributed by atoms with E-state index in [4.69, 9.17) is 8.85 Å². The number of alkyl halides is 1. The van der Waals surface area contributed by atoms with Crippen LogP contribution in [0.5, 0.6) is 0 Å². The first kappa shape index (κ1) is 18.8. The average molecular weight is 355 g/mol. The number of hydrogen-bond acceptors (Lipinski definition) is 2. The summed E-state index contributed by atoms with van der Waals surface area (Å²) in [6.07, 6.45) is 3.74. The summed E-state index contributed by atoms with van der Waals surface area (Å²) in [7, 11) is -2.90. The van der Waals surface area contributed by atoms with Crippen LogP contribution < -0.4 is 0 Å². The van der Waals surface area contributed by atoms with E-state index in [0.717, 1.165) is 25.0 Å². The van der Waals surface area contributed by atoms with Crippen molar-refractivity contribution in [2.24, 2.45) is 0 Å². The zero-order valence-electron chi connectivity index (χ0n) is 12.9. The normalized spacial score (nSPS) is 13.0. The zero-order valence-corrected chi connectivity index (χ0v) is 16.4. The summed E-state index contributed by atoms with van der Waals surface area (Å²) in [4.78, 5) is 0. The highest BCUT2D eigenvalue weighted by Crippen LogP contribution is 2.24. The Morgan fingerprint density at radius 2 is 1.44 bits per heavy atom. The van der Waals surface area contributed by atoms with E-state index in [9.17, 15) is 0 Å². The minimum atomic E-state index is -1.48. The first-order valence-corrected chi connectivity index (χ1v) is 14.5. The lowest BCUT2D eigenvalue weighted by molar-refractivity contribution is 0.150. The van der Waals surface area contributed by atoms with Crippen LogP contribution in [0.1, 0.15) is 26.2 Å². The Balaban J connectivity index is 3.89. The molecule has 0 aromatic rings. The summed E-state index contributed by atoms with van der Waals surface area (Å²) in [5, 5.41) is 0.932. The molecule has 0 saturated carbocycles. The SMILES string of the molecule is CCCC[Si](C)(C)O[Si](C)(C)CCCOCCBr. The maximum absolute atomic E-state index is 6.55. The Morgan fingerprint density at radius 1 is 0.889 bits per heavy atom. The van der Waals surface area contributed by atoms with Crippen LogP contribution in [0.4, 0.5) is 0 Å². The van der Waals surface area contributed by atoms with Gasteiger partial charge in [-0.2, -0.15) is 0 Å².